The van der Waals surface area contributed by atoms with Gasteiger partial charge in [-0.1, -0.05) is 12.8 Å². The van der Waals surface area contributed by atoms with Gasteiger partial charge in [0.2, 0.25) is 0 Å². The van der Waals surface area contributed by atoms with E-state index in [1.54, 1.807) is 7.11 Å². The topological polar surface area (TPSA) is 60.0 Å². The van der Waals surface area contributed by atoms with Crippen molar-refractivity contribution in [3.05, 3.63) is 0 Å². The lowest BCUT2D eigenvalue weighted by Crippen LogP contribution is -2.43. The average Bonchev–Trinajstić information content (AvgIpc) is 2.41. The van der Waals surface area contributed by atoms with E-state index >= 15 is 0 Å². The fraction of sp³-hybridized carbons (Fsp3) is 1.00. The summed E-state index contributed by atoms with van der Waals surface area (Å²) < 4.78 is 15.9. The summed E-state index contributed by atoms with van der Waals surface area (Å²) in [5.41, 5.74) is 0. The van der Waals surface area contributed by atoms with Crippen LogP contribution in [0.2, 0.25) is 0 Å². The van der Waals surface area contributed by atoms with Crippen LogP contribution in [0.4, 0.5) is 0 Å². The summed E-state index contributed by atoms with van der Waals surface area (Å²) >= 11 is 0. The van der Waals surface area contributed by atoms with Crippen LogP contribution in [0, 0.1) is 0 Å². The molecule has 0 amide bonds. The Bertz CT molecular complexity index is 203. The minimum atomic E-state index is -0.554. The van der Waals surface area contributed by atoms with Crippen molar-refractivity contribution in [1.82, 2.24) is 5.32 Å². The first kappa shape index (κ1) is 15.9. The summed E-state index contributed by atoms with van der Waals surface area (Å²) in [6, 6.07) is 0.417. The third kappa shape index (κ3) is 6.11. The van der Waals surface area contributed by atoms with Crippen molar-refractivity contribution >= 4 is 0 Å². The molecule has 1 rings (SSSR count). The highest BCUT2D eigenvalue weighted by Gasteiger charge is 2.24. The van der Waals surface area contributed by atoms with Gasteiger partial charge in [0.25, 0.3) is 0 Å². The van der Waals surface area contributed by atoms with Gasteiger partial charge in [-0.2, -0.15) is 0 Å². The van der Waals surface area contributed by atoms with Crippen LogP contribution in [0.15, 0.2) is 0 Å². The van der Waals surface area contributed by atoms with Gasteiger partial charge in [0.1, 0.15) is 6.10 Å². The van der Waals surface area contributed by atoms with Crippen LogP contribution >= 0.6 is 0 Å². The Labute approximate surface area is 110 Å². The van der Waals surface area contributed by atoms with E-state index in [-0.39, 0.29) is 6.10 Å². The number of nitrogens with one attached hydrogen (secondary N) is 1. The largest absolute Gasteiger partial charge is 0.388 e. The fourth-order valence-corrected chi connectivity index (χ4v) is 2.27. The third-order valence-electron chi connectivity index (χ3n) is 3.32. The summed E-state index contributed by atoms with van der Waals surface area (Å²) in [6.45, 7) is 1.71. The van der Waals surface area contributed by atoms with E-state index in [9.17, 15) is 5.11 Å². The molecule has 2 N–H and O–H groups in total. The van der Waals surface area contributed by atoms with Crippen LogP contribution in [-0.2, 0) is 14.2 Å². The minimum Gasteiger partial charge on any atom is -0.388 e. The molecule has 0 saturated heterocycles. The minimum absolute atomic E-state index is 0.220. The van der Waals surface area contributed by atoms with Gasteiger partial charge in [-0.25, -0.2) is 0 Å². The number of aliphatic hydroxyl groups excluding tert-OH is 1. The second kappa shape index (κ2) is 9.69. The maximum Gasteiger partial charge on any atom is 0.101 e. The maximum absolute atomic E-state index is 9.73. The number of hydrogen-bond donors (Lipinski definition) is 2. The molecular formula is C13H27NO4. The van der Waals surface area contributed by atoms with Gasteiger partial charge >= 0.3 is 0 Å². The molecule has 1 saturated carbocycles. The number of hydrogen-bond acceptors (Lipinski definition) is 5. The molecule has 108 valence electrons. The monoisotopic (exact) mass is 261 g/mol. The highest BCUT2D eigenvalue weighted by atomic mass is 16.5. The first-order chi connectivity index (χ1) is 8.77. The van der Waals surface area contributed by atoms with E-state index in [0.29, 0.717) is 32.5 Å². The lowest BCUT2D eigenvalue weighted by atomic mass is 9.92. The van der Waals surface area contributed by atoms with Crippen molar-refractivity contribution in [3.8, 4) is 0 Å². The predicted molar refractivity (Wildman–Crippen MR) is 69.8 cm³/mol. The van der Waals surface area contributed by atoms with Crippen LogP contribution < -0.4 is 5.32 Å². The molecular weight excluding hydrogens is 234 g/mol. The van der Waals surface area contributed by atoms with E-state index < -0.39 is 6.10 Å². The zero-order valence-corrected chi connectivity index (χ0v) is 11.6. The van der Waals surface area contributed by atoms with Crippen molar-refractivity contribution < 1.29 is 19.3 Å². The van der Waals surface area contributed by atoms with E-state index in [0.717, 1.165) is 12.8 Å². The second-order valence-electron chi connectivity index (χ2n) is 4.77. The molecule has 3 unspecified atom stereocenters. The van der Waals surface area contributed by atoms with Crippen molar-refractivity contribution in [2.75, 3.05) is 40.6 Å². The Morgan fingerprint density at radius 1 is 1.22 bits per heavy atom. The van der Waals surface area contributed by atoms with Crippen molar-refractivity contribution in [2.24, 2.45) is 0 Å². The first-order valence-electron chi connectivity index (χ1n) is 6.81. The zero-order valence-electron chi connectivity index (χ0n) is 11.6. The van der Waals surface area contributed by atoms with E-state index in [2.05, 4.69) is 5.32 Å². The van der Waals surface area contributed by atoms with Gasteiger partial charge in [0.15, 0.2) is 0 Å². The van der Waals surface area contributed by atoms with Gasteiger partial charge < -0.3 is 24.6 Å². The van der Waals surface area contributed by atoms with Crippen molar-refractivity contribution in [2.45, 2.75) is 43.9 Å². The Balaban J connectivity index is 2.10. The molecule has 0 heterocycles. The lowest BCUT2D eigenvalue weighted by Gasteiger charge is -2.31. The van der Waals surface area contributed by atoms with Crippen LogP contribution in [0.5, 0.6) is 0 Å². The standard InChI is InChI=1S/C13H27NO4/c1-14-12-5-3-4-6-13(12)18-10-11(15)9-17-8-7-16-2/h11-15H,3-10H2,1-2H3. The molecule has 5 nitrogen and oxygen atoms in total. The molecule has 0 spiro atoms. The summed E-state index contributed by atoms with van der Waals surface area (Å²) in [7, 11) is 3.60. The van der Waals surface area contributed by atoms with Gasteiger partial charge in [0, 0.05) is 13.2 Å². The molecule has 0 aromatic heterocycles. The number of likely N-dealkylation sites (N-methyl/N-ethyl adjacent to an activating group) is 1. The fourth-order valence-electron chi connectivity index (χ4n) is 2.27. The molecule has 1 fully saturated rings. The molecule has 0 radical (unpaired) electrons. The molecule has 0 aliphatic heterocycles. The Morgan fingerprint density at radius 2 is 2.00 bits per heavy atom. The van der Waals surface area contributed by atoms with Crippen molar-refractivity contribution in [3.63, 3.8) is 0 Å². The normalized spacial score (nSPS) is 26.2. The molecule has 3 atom stereocenters. The van der Waals surface area contributed by atoms with Gasteiger partial charge in [-0.3, -0.25) is 0 Å². The van der Waals surface area contributed by atoms with Crippen LogP contribution in [-0.4, -0.2) is 63.9 Å². The Hall–Kier alpha value is -0.200. The summed E-state index contributed by atoms with van der Waals surface area (Å²) in [4.78, 5) is 0. The summed E-state index contributed by atoms with van der Waals surface area (Å²) in [6.07, 6.45) is 4.36. The molecule has 1 aliphatic rings. The summed E-state index contributed by atoms with van der Waals surface area (Å²) in [5, 5.41) is 13.0. The maximum atomic E-state index is 9.73. The number of ether oxygens (including phenoxy) is 3. The Morgan fingerprint density at radius 3 is 2.72 bits per heavy atom. The number of aliphatic hydroxyl groups is 1. The molecule has 0 aromatic carbocycles. The Kier molecular flexibility index (Phi) is 8.54. The molecule has 5 heteroatoms. The third-order valence-corrected chi connectivity index (χ3v) is 3.32. The SMILES string of the molecule is CNC1CCCCC1OCC(O)COCCOC. The number of rotatable bonds is 9. The molecule has 18 heavy (non-hydrogen) atoms. The predicted octanol–water partition coefficient (Wildman–Crippen LogP) is 0.558. The first-order valence-corrected chi connectivity index (χ1v) is 6.81. The highest BCUT2D eigenvalue weighted by Crippen LogP contribution is 2.21. The van der Waals surface area contributed by atoms with Crippen LogP contribution in [0.1, 0.15) is 25.7 Å². The lowest BCUT2D eigenvalue weighted by molar-refractivity contribution is -0.0651. The zero-order chi connectivity index (χ0) is 13.2. The summed E-state index contributed by atoms with van der Waals surface area (Å²) in [5.74, 6) is 0. The van der Waals surface area contributed by atoms with Crippen LogP contribution in [0.25, 0.3) is 0 Å². The van der Waals surface area contributed by atoms with E-state index in [1.165, 1.54) is 12.8 Å². The quantitative estimate of drug-likeness (QED) is 0.594. The van der Waals surface area contributed by atoms with Gasteiger partial charge in [0.05, 0.1) is 32.5 Å². The second-order valence-corrected chi connectivity index (χ2v) is 4.77. The van der Waals surface area contributed by atoms with Gasteiger partial charge in [-0.15, -0.1) is 0 Å². The van der Waals surface area contributed by atoms with Crippen LogP contribution in [0.3, 0.4) is 0 Å². The van der Waals surface area contributed by atoms with E-state index in [1.807, 2.05) is 7.05 Å². The highest BCUT2D eigenvalue weighted by molar-refractivity contribution is 4.80. The number of methoxy groups -OCH3 is 1. The van der Waals surface area contributed by atoms with Crippen molar-refractivity contribution in [1.29, 1.82) is 0 Å². The smallest absolute Gasteiger partial charge is 0.101 e. The average molecular weight is 261 g/mol. The van der Waals surface area contributed by atoms with E-state index in [4.69, 9.17) is 14.2 Å². The van der Waals surface area contributed by atoms with Gasteiger partial charge in [-0.05, 0) is 19.9 Å². The molecule has 0 bridgehead atoms. The molecule has 0 aromatic rings. The molecule has 1 aliphatic carbocycles.